The smallest absolute Gasteiger partial charge is 0.126 e. The van der Waals surface area contributed by atoms with Gasteiger partial charge in [-0.15, -0.1) is 0 Å². The van der Waals surface area contributed by atoms with Crippen molar-refractivity contribution in [3.8, 4) is 11.5 Å². The van der Waals surface area contributed by atoms with Gasteiger partial charge in [-0.25, -0.2) is 0 Å². The highest BCUT2D eigenvalue weighted by Crippen LogP contribution is 2.27. The van der Waals surface area contributed by atoms with Crippen LogP contribution in [0.15, 0.2) is 60.7 Å². The van der Waals surface area contributed by atoms with E-state index in [2.05, 4.69) is 36.4 Å². The Balaban J connectivity index is 1.87. The van der Waals surface area contributed by atoms with Crippen molar-refractivity contribution in [2.45, 2.75) is 13.0 Å². The minimum Gasteiger partial charge on any atom is -0.497 e. The number of methoxy groups -OCH3 is 1. The normalized spacial score (nSPS) is 10.7. The molecule has 0 heterocycles. The van der Waals surface area contributed by atoms with E-state index in [9.17, 15) is 0 Å². The summed E-state index contributed by atoms with van der Waals surface area (Å²) in [6, 6.07) is 20.5. The molecule has 2 N–H and O–H groups in total. The van der Waals surface area contributed by atoms with Gasteiger partial charge in [-0.3, -0.25) is 0 Å². The summed E-state index contributed by atoms with van der Waals surface area (Å²) in [4.78, 5) is 0. The van der Waals surface area contributed by atoms with Crippen LogP contribution in [0.2, 0.25) is 0 Å². The maximum Gasteiger partial charge on any atom is 0.126 e. The molecule has 0 aromatic heterocycles. The number of fused-ring (bicyclic) bond motifs is 1. The summed E-state index contributed by atoms with van der Waals surface area (Å²) in [6.45, 7) is 1.11. The minimum absolute atomic E-state index is 0.520. The fourth-order valence-corrected chi connectivity index (χ4v) is 2.73. The summed E-state index contributed by atoms with van der Waals surface area (Å²) in [5, 5.41) is 2.44. The van der Waals surface area contributed by atoms with Crippen LogP contribution >= 0.6 is 0 Å². The van der Waals surface area contributed by atoms with Gasteiger partial charge in [0.05, 0.1) is 7.11 Å². The Labute approximate surface area is 136 Å². The van der Waals surface area contributed by atoms with Gasteiger partial charge in [-0.05, 0) is 40.9 Å². The molecule has 0 radical (unpaired) electrons. The Kier molecular flexibility index (Phi) is 4.79. The van der Waals surface area contributed by atoms with Crippen molar-refractivity contribution in [1.29, 1.82) is 0 Å². The molecule has 0 amide bonds. The predicted octanol–water partition coefficient (Wildman–Crippen LogP) is 3.93. The van der Waals surface area contributed by atoms with Crippen molar-refractivity contribution < 1.29 is 9.47 Å². The predicted molar refractivity (Wildman–Crippen MR) is 94.0 cm³/mol. The van der Waals surface area contributed by atoms with Crippen LogP contribution in [0.25, 0.3) is 10.8 Å². The molecule has 3 aromatic carbocycles. The van der Waals surface area contributed by atoms with Crippen LogP contribution in [-0.4, -0.2) is 13.7 Å². The zero-order valence-electron chi connectivity index (χ0n) is 13.3. The van der Waals surface area contributed by atoms with Gasteiger partial charge in [0.2, 0.25) is 0 Å². The van der Waals surface area contributed by atoms with Crippen molar-refractivity contribution in [2.75, 3.05) is 13.7 Å². The molecule has 3 heteroatoms. The zero-order chi connectivity index (χ0) is 16.1. The van der Waals surface area contributed by atoms with Crippen LogP contribution in [0.1, 0.15) is 11.1 Å². The molecule has 0 fully saturated rings. The van der Waals surface area contributed by atoms with E-state index >= 15 is 0 Å². The molecule has 0 aliphatic carbocycles. The van der Waals surface area contributed by atoms with Crippen molar-refractivity contribution in [2.24, 2.45) is 5.73 Å². The van der Waals surface area contributed by atoms with Gasteiger partial charge >= 0.3 is 0 Å². The summed E-state index contributed by atoms with van der Waals surface area (Å²) >= 11 is 0. The Hall–Kier alpha value is -2.52. The summed E-state index contributed by atoms with van der Waals surface area (Å²) < 4.78 is 11.4. The summed E-state index contributed by atoms with van der Waals surface area (Å²) in [7, 11) is 1.66. The third kappa shape index (κ3) is 3.46. The quantitative estimate of drug-likeness (QED) is 0.750. The number of ether oxygens (including phenoxy) is 2. The highest BCUT2D eigenvalue weighted by Gasteiger charge is 2.07. The van der Waals surface area contributed by atoms with Crippen LogP contribution in [0, 0.1) is 0 Å². The Morgan fingerprint density at radius 1 is 0.913 bits per heavy atom. The molecule has 0 bridgehead atoms. The fourth-order valence-electron chi connectivity index (χ4n) is 2.73. The van der Waals surface area contributed by atoms with E-state index in [0.717, 1.165) is 23.5 Å². The van der Waals surface area contributed by atoms with E-state index in [1.54, 1.807) is 7.11 Å². The third-order valence-corrected chi connectivity index (χ3v) is 3.95. The van der Waals surface area contributed by atoms with Crippen molar-refractivity contribution in [1.82, 2.24) is 0 Å². The first-order valence-electron chi connectivity index (χ1n) is 7.78. The van der Waals surface area contributed by atoms with E-state index in [4.69, 9.17) is 15.2 Å². The zero-order valence-corrected chi connectivity index (χ0v) is 13.3. The minimum atomic E-state index is 0.520. The van der Waals surface area contributed by atoms with Crippen molar-refractivity contribution in [3.05, 3.63) is 71.8 Å². The Morgan fingerprint density at radius 3 is 2.57 bits per heavy atom. The van der Waals surface area contributed by atoms with Gasteiger partial charge in [0, 0.05) is 6.07 Å². The lowest BCUT2D eigenvalue weighted by molar-refractivity contribution is 0.302. The van der Waals surface area contributed by atoms with E-state index in [0.29, 0.717) is 13.2 Å². The molecule has 0 saturated carbocycles. The summed E-state index contributed by atoms with van der Waals surface area (Å²) in [5.41, 5.74) is 7.97. The molecule has 3 aromatic rings. The molecule has 0 unspecified atom stereocenters. The first-order valence-corrected chi connectivity index (χ1v) is 7.78. The first-order chi connectivity index (χ1) is 11.3. The number of benzene rings is 3. The number of hydrogen-bond acceptors (Lipinski definition) is 3. The van der Waals surface area contributed by atoms with Crippen LogP contribution in [0.3, 0.4) is 0 Å². The van der Waals surface area contributed by atoms with Gasteiger partial charge in [0.15, 0.2) is 0 Å². The molecular formula is C20H21NO2. The molecule has 0 aliphatic heterocycles. The van der Waals surface area contributed by atoms with Gasteiger partial charge in [-0.1, -0.05) is 48.5 Å². The summed E-state index contributed by atoms with van der Waals surface area (Å²) in [6.07, 6.45) is 0.787. The second-order valence-electron chi connectivity index (χ2n) is 5.44. The number of nitrogens with two attached hydrogens (primary N) is 1. The Morgan fingerprint density at radius 2 is 1.74 bits per heavy atom. The third-order valence-electron chi connectivity index (χ3n) is 3.95. The van der Waals surface area contributed by atoms with E-state index in [1.807, 2.05) is 24.3 Å². The Bertz CT molecular complexity index is 793. The van der Waals surface area contributed by atoms with Gasteiger partial charge in [0.1, 0.15) is 18.1 Å². The molecule has 3 nitrogen and oxygen atoms in total. The maximum atomic E-state index is 6.09. The average Bonchev–Trinajstić information content (AvgIpc) is 2.61. The lowest BCUT2D eigenvalue weighted by Gasteiger charge is -2.14. The second kappa shape index (κ2) is 7.16. The van der Waals surface area contributed by atoms with Crippen LogP contribution in [0.5, 0.6) is 11.5 Å². The molecule has 23 heavy (non-hydrogen) atoms. The molecule has 3 rings (SSSR count). The van der Waals surface area contributed by atoms with Crippen molar-refractivity contribution >= 4 is 10.8 Å². The molecule has 0 aliphatic rings. The maximum absolute atomic E-state index is 6.09. The van der Waals surface area contributed by atoms with Gasteiger partial charge in [-0.2, -0.15) is 0 Å². The lowest BCUT2D eigenvalue weighted by Crippen LogP contribution is -2.06. The molecule has 0 spiro atoms. The lowest BCUT2D eigenvalue weighted by atomic mass is 10.1. The van der Waals surface area contributed by atoms with Crippen LogP contribution in [-0.2, 0) is 13.0 Å². The van der Waals surface area contributed by atoms with E-state index in [1.165, 1.54) is 16.3 Å². The SMILES string of the molecule is COc1ccc(CCN)c(OCc2cccc3ccccc23)c1. The number of rotatable bonds is 6. The van der Waals surface area contributed by atoms with Crippen LogP contribution in [0.4, 0.5) is 0 Å². The summed E-state index contributed by atoms with van der Waals surface area (Å²) in [5.74, 6) is 1.63. The molecular weight excluding hydrogens is 286 g/mol. The van der Waals surface area contributed by atoms with Gasteiger partial charge < -0.3 is 15.2 Å². The van der Waals surface area contributed by atoms with Gasteiger partial charge in [0.25, 0.3) is 0 Å². The number of hydrogen-bond donors (Lipinski definition) is 1. The first kappa shape index (κ1) is 15.4. The van der Waals surface area contributed by atoms with E-state index < -0.39 is 0 Å². The van der Waals surface area contributed by atoms with Crippen LogP contribution < -0.4 is 15.2 Å². The topological polar surface area (TPSA) is 44.5 Å². The fraction of sp³-hybridized carbons (Fsp3) is 0.200. The van der Waals surface area contributed by atoms with E-state index in [-0.39, 0.29) is 0 Å². The monoisotopic (exact) mass is 307 g/mol. The van der Waals surface area contributed by atoms with Crippen molar-refractivity contribution in [3.63, 3.8) is 0 Å². The largest absolute Gasteiger partial charge is 0.497 e. The molecule has 0 saturated heterocycles. The standard InChI is InChI=1S/C20H21NO2/c1-22-18-10-9-16(11-12-21)20(13-18)23-14-17-7-4-6-15-5-2-3-8-19(15)17/h2-10,13H,11-12,14,21H2,1H3. The second-order valence-corrected chi connectivity index (χ2v) is 5.44. The highest BCUT2D eigenvalue weighted by molar-refractivity contribution is 5.85. The average molecular weight is 307 g/mol. The molecule has 0 atom stereocenters. The highest BCUT2D eigenvalue weighted by atomic mass is 16.5. The molecule has 118 valence electrons.